The summed E-state index contributed by atoms with van der Waals surface area (Å²) in [6, 6.07) is 18.7. The molecule has 0 unspecified atom stereocenters. The first kappa shape index (κ1) is 16.4. The van der Waals surface area contributed by atoms with Crippen LogP contribution in [0.5, 0.6) is 0 Å². The van der Waals surface area contributed by atoms with Crippen LogP contribution in [0.25, 0.3) is 10.8 Å². The number of nitrogens with one attached hydrogen (secondary N) is 1. The van der Waals surface area contributed by atoms with Crippen molar-refractivity contribution in [3.63, 3.8) is 0 Å². The standard InChI is InChI=1S/C24H24N2O/c27-24(19-9-12-20(13-10-19)26-15-2-1-3-16-26)25-22-14-11-18-8-7-17-5-4-6-21(22)23(17)18/h4-6,9-14H,1-3,7-8,15-16H2,(H,25,27). The molecular weight excluding hydrogens is 332 g/mol. The molecule has 3 aromatic carbocycles. The van der Waals surface area contributed by atoms with E-state index in [0.717, 1.165) is 37.0 Å². The van der Waals surface area contributed by atoms with Gasteiger partial charge >= 0.3 is 0 Å². The lowest BCUT2D eigenvalue weighted by Crippen LogP contribution is -2.29. The van der Waals surface area contributed by atoms with E-state index in [1.165, 1.54) is 41.5 Å². The van der Waals surface area contributed by atoms with Crippen LogP contribution in [0.3, 0.4) is 0 Å². The van der Waals surface area contributed by atoms with Gasteiger partial charge in [0.2, 0.25) is 0 Å². The van der Waals surface area contributed by atoms with Crippen molar-refractivity contribution < 1.29 is 4.79 Å². The van der Waals surface area contributed by atoms with E-state index < -0.39 is 0 Å². The number of nitrogens with zero attached hydrogens (tertiary/aromatic N) is 1. The average Bonchev–Trinajstić information content (AvgIpc) is 3.15. The highest BCUT2D eigenvalue weighted by Gasteiger charge is 2.17. The third-order valence-corrected chi connectivity index (χ3v) is 5.98. The molecular formula is C24H24N2O. The van der Waals surface area contributed by atoms with Crippen LogP contribution in [0.1, 0.15) is 40.7 Å². The highest BCUT2D eigenvalue weighted by molar-refractivity contribution is 6.10. The van der Waals surface area contributed by atoms with Gasteiger partial charge in [0, 0.05) is 35.4 Å². The average molecular weight is 356 g/mol. The lowest BCUT2D eigenvalue weighted by molar-refractivity contribution is 0.102. The van der Waals surface area contributed by atoms with Crippen LogP contribution in [0, 0.1) is 0 Å². The number of hydrogen-bond donors (Lipinski definition) is 1. The maximum absolute atomic E-state index is 12.8. The summed E-state index contributed by atoms with van der Waals surface area (Å²) < 4.78 is 0. The Bertz CT molecular complexity index is 991. The van der Waals surface area contributed by atoms with Crippen molar-refractivity contribution in [3.8, 4) is 0 Å². The van der Waals surface area contributed by atoms with Gasteiger partial charge in [0.1, 0.15) is 0 Å². The summed E-state index contributed by atoms with van der Waals surface area (Å²) in [5, 5.41) is 5.61. The predicted octanol–water partition coefficient (Wildman–Crippen LogP) is 5.18. The molecule has 1 aliphatic carbocycles. The summed E-state index contributed by atoms with van der Waals surface area (Å²) in [5.74, 6) is -0.0427. The van der Waals surface area contributed by atoms with Crippen LogP contribution in [0.15, 0.2) is 54.6 Å². The highest BCUT2D eigenvalue weighted by Crippen LogP contribution is 2.35. The van der Waals surface area contributed by atoms with E-state index in [1.807, 2.05) is 18.2 Å². The van der Waals surface area contributed by atoms with E-state index in [9.17, 15) is 4.79 Å². The Kier molecular flexibility index (Phi) is 4.08. The normalized spacial score (nSPS) is 15.9. The molecule has 1 N–H and O–H groups in total. The molecule has 0 bridgehead atoms. The molecule has 3 nitrogen and oxygen atoms in total. The van der Waals surface area contributed by atoms with Gasteiger partial charge in [-0.05, 0) is 78.9 Å². The number of amides is 1. The zero-order valence-electron chi connectivity index (χ0n) is 15.5. The molecule has 1 amide bonds. The van der Waals surface area contributed by atoms with Gasteiger partial charge in [0.15, 0.2) is 0 Å². The summed E-state index contributed by atoms with van der Waals surface area (Å²) in [7, 11) is 0. The number of piperidine rings is 1. The largest absolute Gasteiger partial charge is 0.372 e. The summed E-state index contributed by atoms with van der Waals surface area (Å²) in [4.78, 5) is 15.2. The monoisotopic (exact) mass is 356 g/mol. The predicted molar refractivity (Wildman–Crippen MR) is 112 cm³/mol. The third-order valence-electron chi connectivity index (χ3n) is 5.98. The van der Waals surface area contributed by atoms with Crippen LogP contribution in [-0.4, -0.2) is 19.0 Å². The van der Waals surface area contributed by atoms with Crippen LogP contribution in [0.4, 0.5) is 11.4 Å². The minimum absolute atomic E-state index is 0.0427. The molecule has 1 fully saturated rings. The molecule has 0 aromatic heterocycles. The second-order valence-electron chi connectivity index (χ2n) is 7.66. The fourth-order valence-electron chi connectivity index (χ4n) is 4.53. The number of rotatable bonds is 3. The van der Waals surface area contributed by atoms with E-state index in [4.69, 9.17) is 0 Å². The molecule has 5 rings (SSSR count). The number of hydrogen-bond acceptors (Lipinski definition) is 2. The van der Waals surface area contributed by atoms with Crippen molar-refractivity contribution >= 4 is 28.1 Å². The zero-order chi connectivity index (χ0) is 18.2. The van der Waals surface area contributed by atoms with Gasteiger partial charge in [-0.3, -0.25) is 4.79 Å². The Morgan fingerprint density at radius 3 is 2.33 bits per heavy atom. The third kappa shape index (κ3) is 2.97. The van der Waals surface area contributed by atoms with Crippen LogP contribution in [-0.2, 0) is 12.8 Å². The second-order valence-corrected chi connectivity index (χ2v) is 7.66. The summed E-state index contributed by atoms with van der Waals surface area (Å²) in [6.07, 6.45) is 6.04. The van der Waals surface area contributed by atoms with Crippen LogP contribution < -0.4 is 10.2 Å². The molecule has 0 spiro atoms. The SMILES string of the molecule is O=C(Nc1ccc2c3c(cccc13)CC2)c1ccc(N2CCCCC2)cc1. The van der Waals surface area contributed by atoms with Crippen molar-refractivity contribution in [1.82, 2.24) is 0 Å². The Morgan fingerprint density at radius 1 is 0.815 bits per heavy atom. The molecule has 0 atom stereocenters. The quantitative estimate of drug-likeness (QED) is 0.701. The van der Waals surface area contributed by atoms with Crippen LogP contribution in [0.2, 0.25) is 0 Å². The first-order valence-corrected chi connectivity index (χ1v) is 9.99. The summed E-state index contributed by atoms with van der Waals surface area (Å²) in [6.45, 7) is 2.23. The van der Waals surface area contributed by atoms with E-state index in [0.29, 0.717) is 5.56 Å². The van der Waals surface area contributed by atoms with Gasteiger partial charge in [0.25, 0.3) is 5.91 Å². The molecule has 3 heteroatoms. The van der Waals surface area contributed by atoms with E-state index in [2.05, 4.69) is 46.6 Å². The first-order valence-electron chi connectivity index (χ1n) is 9.99. The Morgan fingerprint density at radius 2 is 1.56 bits per heavy atom. The number of aryl methyl sites for hydroxylation is 2. The van der Waals surface area contributed by atoms with Gasteiger partial charge in [0.05, 0.1) is 0 Å². The van der Waals surface area contributed by atoms with Crippen molar-refractivity contribution in [1.29, 1.82) is 0 Å². The summed E-state index contributed by atoms with van der Waals surface area (Å²) >= 11 is 0. The molecule has 1 saturated heterocycles. The Hall–Kier alpha value is -2.81. The van der Waals surface area contributed by atoms with Gasteiger partial charge in [-0.15, -0.1) is 0 Å². The lowest BCUT2D eigenvalue weighted by Gasteiger charge is -2.28. The fraction of sp³-hybridized carbons (Fsp3) is 0.292. The minimum atomic E-state index is -0.0427. The van der Waals surface area contributed by atoms with Gasteiger partial charge in [-0.2, -0.15) is 0 Å². The number of carbonyl (C=O) groups excluding carboxylic acids is 1. The highest BCUT2D eigenvalue weighted by atomic mass is 16.1. The van der Waals surface area contributed by atoms with E-state index >= 15 is 0 Å². The van der Waals surface area contributed by atoms with E-state index in [1.54, 1.807) is 0 Å². The first-order chi connectivity index (χ1) is 13.3. The number of carbonyl (C=O) groups is 1. The Labute approximate surface area is 160 Å². The molecule has 3 aromatic rings. The zero-order valence-corrected chi connectivity index (χ0v) is 15.5. The molecule has 2 aliphatic rings. The van der Waals surface area contributed by atoms with Crippen molar-refractivity contribution in [2.45, 2.75) is 32.1 Å². The maximum Gasteiger partial charge on any atom is 0.255 e. The van der Waals surface area contributed by atoms with Crippen molar-refractivity contribution in [2.24, 2.45) is 0 Å². The Balaban J connectivity index is 1.39. The molecule has 1 aliphatic heterocycles. The number of anilines is 2. The van der Waals surface area contributed by atoms with Crippen LogP contribution >= 0.6 is 0 Å². The van der Waals surface area contributed by atoms with Gasteiger partial charge in [-0.1, -0.05) is 24.3 Å². The second kappa shape index (κ2) is 6.73. The van der Waals surface area contributed by atoms with E-state index in [-0.39, 0.29) is 5.91 Å². The topological polar surface area (TPSA) is 32.3 Å². The molecule has 136 valence electrons. The minimum Gasteiger partial charge on any atom is -0.372 e. The fourth-order valence-corrected chi connectivity index (χ4v) is 4.53. The lowest BCUT2D eigenvalue weighted by atomic mass is 10.0. The molecule has 0 radical (unpaired) electrons. The number of benzene rings is 3. The van der Waals surface area contributed by atoms with Crippen molar-refractivity contribution in [3.05, 3.63) is 71.3 Å². The molecule has 0 saturated carbocycles. The van der Waals surface area contributed by atoms with Crippen molar-refractivity contribution in [2.75, 3.05) is 23.3 Å². The maximum atomic E-state index is 12.8. The van der Waals surface area contributed by atoms with Gasteiger partial charge in [-0.25, -0.2) is 0 Å². The molecule has 1 heterocycles. The molecule has 27 heavy (non-hydrogen) atoms. The summed E-state index contributed by atoms with van der Waals surface area (Å²) in [5.41, 5.74) is 5.62. The smallest absolute Gasteiger partial charge is 0.255 e. The van der Waals surface area contributed by atoms with Gasteiger partial charge < -0.3 is 10.2 Å².